The van der Waals surface area contributed by atoms with Crippen LogP contribution in [0.15, 0.2) is 47.6 Å². The lowest BCUT2D eigenvalue weighted by atomic mass is 10.2. The molecule has 1 aromatic carbocycles. The van der Waals surface area contributed by atoms with Gasteiger partial charge in [0.1, 0.15) is 10.0 Å². The quantitative estimate of drug-likeness (QED) is 0.727. The first-order valence-electron chi connectivity index (χ1n) is 5.62. The maximum absolute atomic E-state index is 12.2. The van der Waals surface area contributed by atoms with Gasteiger partial charge < -0.3 is 0 Å². The number of pyridine rings is 1. The van der Waals surface area contributed by atoms with Gasteiger partial charge in [0.15, 0.2) is 0 Å². The fourth-order valence-electron chi connectivity index (χ4n) is 1.74. The first-order chi connectivity index (χ1) is 9.54. The normalized spacial score (nSPS) is 11.7. The smallest absolute Gasteiger partial charge is 0.263 e. The third kappa shape index (κ3) is 2.45. The van der Waals surface area contributed by atoms with Crippen LogP contribution < -0.4 is 4.72 Å². The van der Waals surface area contributed by atoms with Crippen molar-refractivity contribution in [3.63, 3.8) is 0 Å². The first kappa shape index (κ1) is 12.9. The molecule has 2 N–H and O–H groups in total. The van der Waals surface area contributed by atoms with E-state index in [0.717, 1.165) is 10.9 Å². The summed E-state index contributed by atoms with van der Waals surface area (Å²) in [7, 11) is -3.69. The summed E-state index contributed by atoms with van der Waals surface area (Å²) in [6.45, 7) is 0. The number of sulfonamides is 1. The van der Waals surface area contributed by atoms with E-state index in [1.807, 2.05) is 0 Å². The zero-order chi connectivity index (χ0) is 14.2. The topological polar surface area (TPSA) is 87.7 Å². The number of fused-ring (bicyclic) bond motifs is 1. The second-order valence-corrected chi connectivity index (χ2v) is 6.16. The number of aromatic amines is 1. The molecular formula is C12H9ClN4O2S. The summed E-state index contributed by atoms with van der Waals surface area (Å²) < 4.78 is 26.8. The highest BCUT2D eigenvalue weighted by Gasteiger charge is 2.14. The van der Waals surface area contributed by atoms with Crippen LogP contribution in [0.3, 0.4) is 0 Å². The van der Waals surface area contributed by atoms with Gasteiger partial charge in [0.05, 0.1) is 17.4 Å². The summed E-state index contributed by atoms with van der Waals surface area (Å²) in [5.74, 6) is 0. The standard InChI is InChI=1S/C12H9ClN4O2S/c13-12-4-3-10(7-14-12)20(18,19)17-9-2-1-8-6-15-16-11(8)5-9/h1-7,17H,(H,15,16). The number of halogens is 1. The van der Waals surface area contributed by atoms with Crippen molar-refractivity contribution in [3.05, 3.63) is 47.9 Å². The van der Waals surface area contributed by atoms with Crippen molar-refractivity contribution in [2.24, 2.45) is 0 Å². The Morgan fingerprint density at radius 1 is 1.15 bits per heavy atom. The Hall–Kier alpha value is -2.12. The first-order valence-corrected chi connectivity index (χ1v) is 7.48. The maximum atomic E-state index is 12.2. The molecule has 0 saturated heterocycles. The molecule has 0 aliphatic carbocycles. The summed E-state index contributed by atoms with van der Waals surface area (Å²) in [4.78, 5) is 3.81. The molecule has 6 nitrogen and oxygen atoms in total. The average Bonchev–Trinajstić information content (AvgIpc) is 2.86. The van der Waals surface area contributed by atoms with Crippen LogP contribution in [0, 0.1) is 0 Å². The summed E-state index contributed by atoms with van der Waals surface area (Å²) in [6.07, 6.45) is 2.87. The van der Waals surface area contributed by atoms with E-state index in [1.54, 1.807) is 24.4 Å². The third-order valence-electron chi connectivity index (χ3n) is 2.70. The Morgan fingerprint density at radius 3 is 2.75 bits per heavy atom. The molecule has 0 aliphatic rings. The van der Waals surface area contributed by atoms with E-state index < -0.39 is 10.0 Å². The van der Waals surface area contributed by atoms with Gasteiger partial charge in [-0.2, -0.15) is 5.10 Å². The van der Waals surface area contributed by atoms with E-state index in [0.29, 0.717) is 5.69 Å². The van der Waals surface area contributed by atoms with Crippen molar-refractivity contribution in [1.29, 1.82) is 0 Å². The number of benzene rings is 1. The van der Waals surface area contributed by atoms with Crippen LogP contribution in [0.1, 0.15) is 0 Å². The molecule has 0 spiro atoms. The van der Waals surface area contributed by atoms with Crippen LogP contribution in [0.5, 0.6) is 0 Å². The van der Waals surface area contributed by atoms with Gasteiger partial charge in [0, 0.05) is 11.6 Å². The van der Waals surface area contributed by atoms with Gasteiger partial charge in [-0.1, -0.05) is 11.6 Å². The molecule has 102 valence electrons. The van der Waals surface area contributed by atoms with Gasteiger partial charge in [0.2, 0.25) is 0 Å². The van der Waals surface area contributed by atoms with E-state index in [9.17, 15) is 8.42 Å². The number of nitrogens with zero attached hydrogens (tertiary/aromatic N) is 2. The lowest BCUT2D eigenvalue weighted by Crippen LogP contribution is -2.13. The summed E-state index contributed by atoms with van der Waals surface area (Å²) >= 11 is 5.64. The average molecular weight is 309 g/mol. The predicted octanol–water partition coefficient (Wildman–Crippen LogP) is 2.41. The number of nitrogens with one attached hydrogen (secondary N) is 2. The molecule has 0 saturated carbocycles. The summed E-state index contributed by atoms with van der Waals surface area (Å²) in [6, 6.07) is 7.93. The Bertz CT molecular complexity index is 859. The van der Waals surface area contributed by atoms with Gasteiger partial charge in [-0.05, 0) is 30.3 Å². The van der Waals surface area contributed by atoms with Gasteiger partial charge in [0.25, 0.3) is 10.0 Å². The number of aromatic nitrogens is 3. The number of anilines is 1. The molecule has 2 heterocycles. The van der Waals surface area contributed by atoms with E-state index in [4.69, 9.17) is 11.6 Å². The fraction of sp³-hybridized carbons (Fsp3) is 0. The van der Waals surface area contributed by atoms with Gasteiger partial charge >= 0.3 is 0 Å². The monoisotopic (exact) mass is 308 g/mol. The highest BCUT2D eigenvalue weighted by Crippen LogP contribution is 2.20. The predicted molar refractivity (Wildman–Crippen MR) is 76.1 cm³/mol. The Balaban J connectivity index is 1.94. The molecule has 0 aliphatic heterocycles. The van der Waals surface area contributed by atoms with Crippen LogP contribution in [0.2, 0.25) is 5.15 Å². The minimum Gasteiger partial charge on any atom is -0.280 e. The van der Waals surface area contributed by atoms with Crippen LogP contribution in [0.25, 0.3) is 10.9 Å². The van der Waals surface area contributed by atoms with Gasteiger partial charge in [-0.25, -0.2) is 13.4 Å². The van der Waals surface area contributed by atoms with E-state index in [-0.39, 0.29) is 10.0 Å². The van der Waals surface area contributed by atoms with Crippen LogP contribution >= 0.6 is 11.6 Å². The Labute approximate surface area is 119 Å². The molecule has 20 heavy (non-hydrogen) atoms. The molecule has 0 unspecified atom stereocenters. The zero-order valence-corrected chi connectivity index (χ0v) is 11.6. The second kappa shape index (κ2) is 4.77. The molecule has 2 aromatic heterocycles. The molecule has 0 amide bonds. The maximum Gasteiger partial charge on any atom is 0.263 e. The molecule has 3 aromatic rings. The minimum atomic E-state index is -3.69. The van der Waals surface area contributed by atoms with E-state index in [2.05, 4.69) is 19.9 Å². The summed E-state index contributed by atoms with van der Waals surface area (Å²) in [5.41, 5.74) is 1.19. The second-order valence-electron chi connectivity index (χ2n) is 4.09. The lowest BCUT2D eigenvalue weighted by molar-refractivity contribution is 0.601. The van der Waals surface area contributed by atoms with E-state index in [1.165, 1.54) is 18.3 Å². The SMILES string of the molecule is O=S(=O)(Nc1ccc2cn[nH]c2c1)c1ccc(Cl)nc1. The Morgan fingerprint density at radius 2 is 2.00 bits per heavy atom. The Kier molecular flexibility index (Phi) is 3.07. The van der Waals surface area contributed by atoms with Gasteiger partial charge in [-0.3, -0.25) is 9.82 Å². The number of hydrogen-bond acceptors (Lipinski definition) is 4. The minimum absolute atomic E-state index is 0.0478. The van der Waals surface area contributed by atoms with Crippen molar-refractivity contribution in [1.82, 2.24) is 15.2 Å². The van der Waals surface area contributed by atoms with Crippen molar-refractivity contribution >= 4 is 38.2 Å². The number of rotatable bonds is 3. The van der Waals surface area contributed by atoms with E-state index >= 15 is 0 Å². The van der Waals surface area contributed by atoms with Crippen LogP contribution in [0.4, 0.5) is 5.69 Å². The van der Waals surface area contributed by atoms with Crippen LogP contribution in [-0.2, 0) is 10.0 Å². The van der Waals surface area contributed by atoms with Gasteiger partial charge in [-0.15, -0.1) is 0 Å². The molecule has 0 fully saturated rings. The van der Waals surface area contributed by atoms with Crippen molar-refractivity contribution in [2.45, 2.75) is 4.90 Å². The van der Waals surface area contributed by atoms with Crippen molar-refractivity contribution in [2.75, 3.05) is 4.72 Å². The summed E-state index contributed by atoms with van der Waals surface area (Å²) in [5, 5.41) is 7.80. The lowest BCUT2D eigenvalue weighted by Gasteiger charge is -2.07. The fourth-order valence-corrected chi connectivity index (χ4v) is 2.84. The largest absolute Gasteiger partial charge is 0.280 e. The highest BCUT2D eigenvalue weighted by molar-refractivity contribution is 7.92. The molecule has 0 radical (unpaired) electrons. The molecule has 8 heteroatoms. The number of H-pyrrole nitrogens is 1. The molecule has 0 bridgehead atoms. The zero-order valence-electron chi connectivity index (χ0n) is 10.0. The number of hydrogen-bond donors (Lipinski definition) is 2. The molecule has 0 atom stereocenters. The third-order valence-corrected chi connectivity index (χ3v) is 4.29. The van der Waals surface area contributed by atoms with Crippen molar-refractivity contribution < 1.29 is 8.42 Å². The highest BCUT2D eigenvalue weighted by atomic mass is 35.5. The molecule has 3 rings (SSSR count). The van der Waals surface area contributed by atoms with Crippen molar-refractivity contribution in [3.8, 4) is 0 Å². The molecular weight excluding hydrogens is 300 g/mol. The van der Waals surface area contributed by atoms with Crippen LogP contribution in [-0.4, -0.2) is 23.6 Å².